The van der Waals surface area contributed by atoms with Gasteiger partial charge in [0.15, 0.2) is 0 Å². The first-order valence-electron chi connectivity index (χ1n) is 7.38. The average molecular weight is 332 g/mol. The van der Waals surface area contributed by atoms with E-state index in [9.17, 15) is 14.0 Å². The van der Waals surface area contributed by atoms with Gasteiger partial charge in [0.05, 0.1) is 5.69 Å². The van der Waals surface area contributed by atoms with Crippen LogP contribution in [0.3, 0.4) is 0 Å². The highest BCUT2D eigenvalue weighted by atomic mass is 32.1. The van der Waals surface area contributed by atoms with E-state index in [1.165, 1.54) is 34.9 Å². The molecule has 1 aromatic heterocycles. The van der Waals surface area contributed by atoms with Gasteiger partial charge in [-0.1, -0.05) is 0 Å². The Labute approximate surface area is 137 Å². The lowest BCUT2D eigenvalue weighted by Crippen LogP contribution is -2.16. The van der Waals surface area contributed by atoms with Crippen LogP contribution < -0.4 is 10.6 Å². The van der Waals surface area contributed by atoms with Crippen molar-refractivity contribution in [1.29, 1.82) is 0 Å². The number of halogens is 1. The lowest BCUT2D eigenvalue weighted by molar-refractivity contribution is -0.117. The number of benzene rings is 1. The Morgan fingerprint density at radius 3 is 2.65 bits per heavy atom. The second-order valence-electron chi connectivity index (χ2n) is 5.76. The largest absolute Gasteiger partial charge is 0.326 e. The number of carbonyl (C=O) groups is 2. The summed E-state index contributed by atoms with van der Waals surface area (Å²) >= 11 is 1.70. The quantitative estimate of drug-likeness (QED) is 0.892. The molecule has 0 saturated heterocycles. The van der Waals surface area contributed by atoms with Crippen LogP contribution in [0.25, 0.3) is 0 Å². The van der Waals surface area contributed by atoms with Crippen molar-refractivity contribution in [2.45, 2.75) is 26.2 Å². The van der Waals surface area contributed by atoms with Crippen LogP contribution in [-0.4, -0.2) is 11.8 Å². The monoisotopic (exact) mass is 332 g/mol. The van der Waals surface area contributed by atoms with Gasteiger partial charge in [0.1, 0.15) is 5.82 Å². The second-order valence-corrected chi connectivity index (χ2v) is 7.08. The van der Waals surface area contributed by atoms with Crippen LogP contribution in [0, 0.1) is 18.7 Å². The number of amides is 2. The molecule has 6 heteroatoms. The molecule has 1 aliphatic rings. The van der Waals surface area contributed by atoms with Crippen LogP contribution in [0.15, 0.2) is 30.3 Å². The fourth-order valence-corrected chi connectivity index (χ4v) is 3.64. The molecule has 1 aromatic carbocycles. The van der Waals surface area contributed by atoms with Gasteiger partial charge >= 0.3 is 0 Å². The van der Waals surface area contributed by atoms with E-state index < -0.39 is 5.82 Å². The number of rotatable bonds is 4. The molecular weight excluding hydrogens is 315 g/mol. The van der Waals surface area contributed by atoms with E-state index in [0.717, 1.165) is 6.42 Å². The first-order valence-corrected chi connectivity index (χ1v) is 8.20. The van der Waals surface area contributed by atoms with Gasteiger partial charge in [-0.2, -0.15) is 0 Å². The number of hydrogen-bond donors (Lipinski definition) is 2. The third-order valence-corrected chi connectivity index (χ3v) is 4.93. The molecule has 0 bridgehead atoms. The third-order valence-electron chi connectivity index (χ3n) is 3.80. The van der Waals surface area contributed by atoms with Crippen LogP contribution in [0.1, 0.15) is 29.0 Å². The Bertz CT molecular complexity index is 772. The molecule has 2 N–H and O–H groups in total. The maximum absolute atomic E-state index is 13.8. The maximum Gasteiger partial charge on any atom is 0.228 e. The smallest absolute Gasteiger partial charge is 0.228 e. The van der Waals surface area contributed by atoms with E-state index in [-0.39, 0.29) is 29.3 Å². The van der Waals surface area contributed by atoms with Gasteiger partial charge in [0.25, 0.3) is 0 Å². The molecule has 0 spiro atoms. The van der Waals surface area contributed by atoms with E-state index in [0.29, 0.717) is 5.69 Å². The number of nitrogens with one attached hydrogen (secondary N) is 2. The summed E-state index contributed by atoms with van der Waals surface area (Å²) in [5, 5.41) is 5.20. The summed E-state index contributed by atoms with van der Waals surface area (Å²) in [6, 6.07) is 8.22. The number of anilines is 2. The molecule has 23 heavy (non-hydrogen) atoms. The minimum atomic E-state index is -0.517. The molecule has 120 valence electrons. The fraction of sp³-hybridized carbons (Fsp3) is 0.294. The van der Waals surface area contributed by atoms with Crippen molar-refractivity contribution in [2.75, 3.05) is 10.6 Å². The van der Waals surface area contributed by atoms with Crippen LogP contribution in [0.5, 0.6) is 0 Å². The zero-order chi connectivity index (χ0) is 16.6. The van der Waals surface area contributed by atoms with Crippen LogP contribution in [0.4, 0.5) is 15.8 Å². The van der Waals surface area contributed by atoms with Crippen LogP contribution in [-0.2, 0) is 9.59 Å². The number of thiophene rings is 1. The predicted molar refractivity (Wildman–Crippen MR) is 89.2 cm³/mol. The summed E-state index contributed by atoms with van der Waals surface area (Å²) in [5.41, 5.74) is 0.546. The minimum absolute atomic E-state index is 0.0919. The Kier molecular flexibility index (Phi) is 4.17. The molecular formula is C17H17FN2O2S. The lowest BCUT2D eigenvalue weighted by atomic mass is 10.2. The highest BCUT2D eigenvalue weighted by molar-refractivity contribution is 7.12. The zero-order valence-corrected chi connectivity index (χ0v) is 13.7. The Morgan fingerprint density at radius 1 is 1.22 bits per heavy atom. The lowest BCUT2D eigenvalue weighted by Gasteiger charge is -2.09. The normalized spacial score (nSPS) is 19.3. The van der Waals surface area contributed by atoms with Gasteiger partial charge in [0, 0.05) is 34.2 Å². The maximum atomic E-state index is 13.8. The van der Waals surface area contributed by atoms with Crippen molar-refractivity contribution >= 4 is 34.5 Å². The van der Waals surface area contributed by atoms with Gasteiger partial charge in [-0.05, 0) is 43.7 Å². The number of aryl methyl sites for hydroxylation is 1. The summed E-state index contributed by atoms with van der Waals surface area (Å²) in [7, 11) is 0. The van der Waals surface area contributed by atoms with E-state index in [4.69, 9.17) is 0 Å². The summed E-state index contributed by atoms with van der Waals surface area (Å²) in [4.78, 5) is 25.8. The van der Waals surface area contributed by atoms with E-state index in [2.05, 4.69) is 16.7 Å². The van der Waals surface area contributed by atoms with Crippen molar-refractivity contribution in [3.05, 3.63) is 45.9 Å². The molecule has 1 aliphatic carbocycles. The van der Waals surface area contributed by atoms with Crippen molar-refractivity contribution < 1.29 is 14.0 Å². The summed E-state index contributed by atoms with van der Waals surface area (Å²) in [5.74, 6) is -0.826. The molecule has 4 nitrogen and oxygen atoms in total. The average Bonchev–Trinajstić information content (AvgIpc) is 3.17. The third kappa shape index (κ3) is 3.59. The van der Waals surface area contributed by atoms with Crippen molar-refractivity contribution in [1.82, 2.24) is 0 Å². The van der Waals surface area contributed by atoms with Crippen molar-refractivity contribution in [3.63, 3.8) is 0 Å². The molecule has 3 rings (SSSR count). The Morgan fingerprint density at radius 2 is 2.00 bits per heavy atom. The zero-order valence-electron chi connectivity index (χ0n) is 12.9. The summed E-state index contributed by atoms with van der Waals surface area (Å²) in [6.45, 7) is 3.41. The molecule has 0 radical (unpaired) electrons. The minimum Gasteiger partial charge on any atom is -0.326 e. The molecule has 1 heterocycles. The molecule has 1 saturated carbocycles. The SMILES string of the molecule is CC(=O)Nc1ccc(F)c(NC(=O)[C@H]2C[C@H]2c2ccc(C)s2)c1. The van der Waals surface area contributed by atoms with E-state index >= 15 is 0 Å². The highest BCUT2D eigenvalue weighted by Gasteiger charge is 2.44. The molecule has 1 fully saturated rings. The summed E-state index contributed by atoms with van der Waals surface area (Å²) < 4.78 is 13.8. The van der Waals surface area contributed by atoms with Crippen LogP contribution in [0.2, 0.25) is 0 Å². The first-order chi connectivity index (χ1) is 10.9. The second kappa shape index (κ2) is 6.12. The molecule has 2 aromatic rings. The molecule has 2 atom stereocenters. The fourth-order valence-electron chi connectivity index (χ4n) is 2.58. The predicted octanol–water partition coefficient (Wildman–Crippen LogP) is 3.90. The van der Waals surface area contributed by atoms with Crippen molar-refractivity contribution in [3.8, 4) is 0 Å². The van der Waals surface area contributed by atoms with Gasteiger partial charge in [-0.3, -0.25) is 9.59 Å². The molecule has 0 unspecified atom stereocenters. The first kappa shape index (κ1) is 15.7. The molecule has 0 aliphatic heterocycles. The summed E-state index contributed by atoms with van der Waals surface area (Å²) in [6.07, 6.45) is 0.790. The standard InChI is InChI=1S/C17H17FN2O2S/c1-9-3-6-16(23-9)12-8-13(12)17(22)20-15-7-11(19-10(2)21)4-5-14(15)18/h3-7,12-13H,8H2,1-2H3,(H,19,21)(H,20,22)/t12-,13+/m1/s1. The van der Waals surface area contributed by atoms with Gasteiger partial charge in [0.2, 0.25) is 11.8 Å². The molecule has 2 amide bonds. The van der Waals surface area contributed by atoms with E-state index in [1.807, 2.05) is 13.0 Å². The van der Waals surface area contributed by atoms with Crippen molar-refractivity contribution in [2.24, 2.45) is 5.92 Å². The van der Waals surface area contributed by atoms with Gasteiger partial charge in [-0.25, -0.2) is 4.39 Å². The van der Waals surface area contributed by atoms with Crippen LogP contribution >= 0.6 is 11.3 Å². The Hall–Kier alpha value is -2.21. The van der Waals surface area contributed by atoms with Gasteiger partial charge < -0.3 is 10.6 Å². The van der Waals surface area contributed by atoms with Gasteiger partial charge in [-0.15, -0.1) is 11.3 Å². The van der Waals surface area contributed by atoms with E-state index in [1.54, 1.807) is 11.3 Å². The number of hydrogen-bond acceptors (Lipinski definition) is 3. The number of carbonyl (C=O) groups excluding carboxylic acids is 2. The topological polar surface area (TPSA) is 58.2 Å². The highest BCUT2D eigenvalue weighted by Crippen LogP contribution is 2.50. The Balaban J connectivity index is 1.68.